The molecule has 5 N–H and O–H groups in total. The van der Waals surface area contributed by atoms with Crippen molar-refractivity contribution in [3.05, 3.63) is 0 Å². The van der Waals surface area contributed by atoms with E-state index in [1.807, 2.05) is 0 Å². The van der Waals surface area contributed by atoms with Crippen LogP contribution in [0.5, 0.6) is 0 Å². The standard InChI is InChI=1S/C3H10N2O2/c4-3(1-6)2-7-5/h3,6H,1-2,4-5H2/t3-/m0/s1. The lowest BCUT2D eigenvalue weighted by atomic mass is 10.4. The van der Waals surface area contributed by atoms with E-state index in [0.29, 0.717) is 0 Å². The molecule has 0 saturated heterocycles. The molecule has 4 heteroatoms. The summed E-state index contributed by atoms with van der Waals surface area (Å²) in [6.07, 6.45) is 0. The first-order valence-electron chi connectivity index (χ1n) is 1.99. The second-order valence-electron chi connectivity index (χ2n) is 1.28. The maximum atomic E-state index is 8.21. The number of aliphatic hydroxyl groups excluding tert-OH is 1. The molecular formula is C3H10N2O2. The van der Waals surface area contributed by atoms with Crippen LogP contribution in [-0.4, -0.2) is 24.4 Å². The van der Waals surface area contributed by atoms with E-state index < -0.39 is 0 Å². The van der Waals surface area contributed by atoms with Gasteiger partial charge in [0.25, 0.3) is 0 Å². The van der Waals surface area contributed by atoms with Crippen molar-refractivity contribution in [1.82, 2.24) is 0 Å². The Balaban J connectivity index is 2.83. The molecule has 0 spiro atoms. The van der Waals surface area contributed by atoms with Gasteiger partial charge in [-0.1, -0.05) is 0 Å². The summed E-state index contributed by atoms with van der Waals surface area (Å²) in [7, 11) is 0. The van der Waals surface area contributed by atoms with E-state index >= 15 is 0 Å². The molecule has 0 heterocycles. The zero-order valence-electron chi connectivity index (χ0n) is 4.00. The van der Waals surface area contributed by atoms with E-state index in [4.69, 9.17) is 10.8 Å². The topological polar surface area (TPSA) is 81.5 Å². The van der Waals surface area contributed by atoms with Crippen LogP contribution in [0.15, 0.2) is 0 Å². The molecule has 4 nitrogen and oxygen atoms in total. The van der Waals surface area contributed by atoms with Crippen LogP contribution in [0.3, 0.4) is 0 Å². The van der Waals surface area contributed by atoms with Crippen LogP contribution >= 0.6 is 0 Å². The van der Waals surface area contributed by atoms with Gasteiger partial charge in [-0.15, -0.1) is 0 Å². The highest BCUT2D eigenvalue weighted by atomic mass is 16.6. The van der Waals surface area contributed by atoms with Crippen LogP contribution < -0.4 is 11.6 Å². The van der Waals surface area contributed by atoms with E-state index in [9.17, 15) is 0 Å². The van der Waals surface area contributed by atoms with Crippen LogP contribution in [0, 0.1) is 0 Å². The van der Waals surface area contributed by atoms with E-state index in [1.165, 1.54) is 0 Å². The highest BCUT2D eigenvalue weighted by Gasteiger charge is 1.95. The molecule has 0 unspecified atom stereocenters. The zero-order valence-corrected chi connectivity index (χ0v) is 4.00. The fourth-order valence-corrected chi connectivity index (χ4v) is 0.176. The Hall–Kier alpha value is -0.160. The lowest BCUT2D eigenvalue weighted by Gasteiger charge is -2.02. The molecule has 0 aromatic heterocycles. The SMILES string of the molecule is NOC[C@@H](N)CO. The largest absolute Gasteiger partial charge is 0.395 e. The maximum Gasteiger partial charge on any atom is 0.0852 e. The Bertz CT molecular complexity index is 41.9. The normalized spacial score (nSPS) is 14.1. The number of hydrogen-bond acceptors (Lipinski definition) is 4. The van der Waals surface area contributed by atoms with Crippen LogP contribution in [0.25, 0.3) is 0 Å². The summed E-state index contributed by atoms with van der Waals surface area (Å²) < 4.78 is 0. The third-order valence-corrected chi connectivity index (χ3v) is 0.545. The van der Waals surface area contributed by atoms with Crippen molar-refractivity contribution in [2.45, 2.75) is 6.04 Å². The minimum Gasteiger partial charge on any atom is -0.395 e. The molecule has 7 heavy (non-hydrogen) atoms. The minimum atomic E-state index is -0.343. The molecule has 0 saturated carbocycles. The Kier molecular flexibility index (Phi) is 3.92. The monoisotopic (exact) mass is 106 g/mol. The summed E-state index contributed by atoms with van der Waals surface area (Å²) in [6, 6.07) is -0.343. The molecule has 0 amide bonds. The van der Waals surface area contributed by atoms with Gasteiger partial charge in [0, 0.05) is 0 Å². The first-order chi connectivity index (χ1) is 3.31. The van der Waals surface area contributed by atoms with E-state index in [-0.39, 0.29) is 19.3 Å². The van der Waals surface area contributed by atoms with Gasteiger partial charge in [0.2, 0.25) is 0 Å². The molecule has 0 bridgehead atoms. The van der Waals surface area contributed by atoms with E-state index in [1.54, 1.807) is 0 Å². The van der Waals surface area contributed by atoms with Gasteiger partial charge in [-0.25, -0.2) is 5.90 Å². The lowest BCUT2D eigenvalue weighted by Crippen LogP contribution is -2.31. The molecule has 0 aliphatic rings. The maximum absolute atomic E-state index is 8.21. The van der Waals surface area contributed by atoms with Gasteiger partial charge in [0.15, 0.2) is 0 Å². The zero-order chi connectivity index (χ0) is 5.70. The molecule has 44 valence electrons. The van der Waals surface area contributed by atoms with Crippen LogP contribution in [0.4, 0.5) is 0 Å². The predicted octanol–water partition coefficient (Wildman–Crippen LogP) is -1.80. The van der Waals surface area contributed by atoms with Gasteiger partial charge in [-0.3, -0.25) is 0 Å². The van der Waals surface area contributed by atoms with Gasteiger partial charge in [-0.05, 0) is 0 Å². The second kappa shape index (κ2) is 4.01. The first-order valence-corrected chi connectivity index (χ1v) is 1.99. The molecule has 0 aromatic rings. The Morgan fingerprint density at radius 1 is 1.71 bits per heavy atom. The molecule has 0 aliphatic heterocycles. The Morgan fingerprint density at radius 3 is 2.43 bits per heavy atom. The average molecular weight is 106 g/mol. The second-order valence-corrected chi connectivity index (χ2v) is 1.28. The lowest BCUT2D eigenvalue weighted by molar-refractivity contribution is 0.103. The summed E-state index contributed by atoms with van der Waals surface area (Å²) in [4.78, 5) is 4.11. The van der Waals surface area contributed by atoms with Crippen molar-refractivity contribution < 1.29 is 9.94 Å². The summed E-state index contributed by atoms with van der Waals surface area (Å²) in [6.45, 7) is 0.119. The van der Waals surface area contributed by atoms with Gasteiger partial charge in [-0.2, -0.15) is 0 Å². The van der Waals surface area contributed by atoms with Gasteiger partial charge in [0.1, 0.15) is 0 Å². The van der Waals surface area contributed by atoms with Gasteiger partial charge >= 0.3 is 0 Å². The van der Waals surface area contributed by atoms with Crippen LogP contribution in [0.2, 0.25) is 0 Å². The highest BCUT2D eigenvalue weighted by molar-refractivity contribution is 4.53. The Morgan fingerprint density at radius 2 is 2.29 bits per heavy atom. The van der Waals surface area contributed by atoms with Crippen molar-refractivity contribution >= 4 is 0 Å². The molecule has 0 aliphatic carbocycles. The van der Waals surface area contributed by atoms with E-state index in [0.717, 1.165) is 0 Å². The number of hydrogen-bond donors (Lipinski definition) is 3. The fourth-order valence-electron chi connectivity index (χ4n) is 0.176. The van der Waals surface area contributed by atoms with Crippen molar-refractivity contribution in [3.63, 3.8) is 0 Å². The highest BCUT2D eigenvalue weighted by Crippen LogP contribution is 1.71. The molecule has 0 radical (unpaired) electrons. The molecule has 0 fully saturated rings. The fraction of sp³-hybridized carbons (Fsp3) is 1.00. The summed E-state index contributed by atoms with van der Waals surface area (Å²) >= 11 is 0. The van der Waals surface area contributed by atoms with Crippen molar-refractivity contribution in [1.29, 1.82) is 0 Å². The first kappa shape index (κ1) is 6.84. The predicted molar refractivity (Wildman–Crippen MR) is 25.2 cm³/mol. The third kappa shape index (κ3) is 3.68. The van der Waals surface area contributed by atoms with Crippen molar-refractivity contribution in [3.8, 4) is 0 Å². The number of rotatable bonds is 3. The summed E-state index contributed by atoms with van der Waals surface area (Å²) in [5.74, 6) is 4.61. The van der Waals surface area contributed by atoms with Gasteiger partial charge < -0.3 is 15.7 Å². The Labute approximate surface area is 42.0 Å². The summed E-state index contributed by atoms with van der Waals surface area (Å²) in [5, 5.41) is 8.21. The molecule has 0 aromatic carbocycles. The van der Waals surface area contributed by atoms with Crippen LogP contribution in [0.1, 0.15) is 0 Å². The van der Waals surface area contributed by atoms with E-state index in [2.05, 4.69) is 10.7 Å². The third-order valence-electron chi connectivity index (χ3n) is 0.545. The summed E-state index contributed by atoms with van der Waals surface area (Å²) in [5.41, 5.74) is 5.13. The average Bonchev–Trinajstić information content (AvgIpc) is 1.68. The molecular weight excluding hydrogens is 96.0 g/mol. The smallest absolute Gasteiger partial charge is 0.0852 e. The van der Waals surface area contributed by atoms with Gasteiger partial charge in [0.05, 0.1) is 19.3 Å². The number of nitrogens with two attached hydrogens (primary N) is 2. The van der Waals surface area contributed by atoms with Crippen molar-refractivity contribution in [2.24, 2.45) is 11.6 Å². The van der Waals surface area contributed by atoms with Crippen molar-refractivity contribution in [2.75, 3.05) is 13.2 Å². The molecule has 1 atom stereocenters. The number of aliphatic hydroxyl groups is 1. The van der Waals surface area contributed by atoms with Crippen LogP contribution in [-0.2, 0) is 4.84 Å². The quantitative estimate of drug-likeness (QED) is 0.371. The molecule has 0 rings (SSSR count). The minimum absolute atomic E-state index is 0.0861.